The zero-order valence-corrected chi connectivity index (χ0v) is 17.2. The van der Waals surface area contributed by atoms with Crippen LogP contribution in [0.4, 0.5) is 0 Å². The van der Waals surface area contributed by atoms with Crippen LogP contribution >= 0.6 is 11.6 Å². The molecule has 1 atom stereocenters. The van der Waals surface area contributed by atoms with Crippen molar-refractivity contribution < 1.29 is 19.1 Å². The molecule has 1 N–H and O–H groups in total. The number of carbonyl (C=O) groups is 2. The summed E-state index contributed by atoms with van der Waals surface area (Å²) in [6.07, 6.45) is 3.33. The van der Waals surface area contributed by atoms with Gasteiger partial charge in [0.1, 0.15) is 5.75 Å². The zero-order chi connectivity index (χ0) is 20.8. The fourth-order valence-corrected chi connectivity index (χ4v) is 3.52. The van der Waals surface area contributed by atoms with Crippen LogP contribution in [0.25, 0.3) is 0 Å². The van der Waals surface area contributed by atoms with Gasteiger partial charge in [-0.05, 0) is 31.0 Å². The highest BCUT2D eigenvalue weighted by Gasteiger charge is 2.31. The molecule has 29 heavy (non-hydrogen) atoms. The van der Waals surface area contributed by atoms with E-state index in [1.807, 2.05) is 4.90 Å². The van der Waals surface area contributed by atoms with Crippen LogP contribution in [0, 0.1) is 0 Å². The van der Waals surface area contributed by atoms with Crippen LogP contribution in [0.15, 0.2) is 24.4 Å². The fourth-order valence-electron chi connectivity index (χ4n) is 3.35. The highest BCUT2D eigenvalue weighted by molar-refractivity contribution is 6.30. The molecule has 1 aromatic heterocycles. The number of likely N-dealkylation sites (tertiary alicyclic amines) is 1. The molecule has 1 saturated heterocycles. The van der Waals surface area contributed by atoms with Gasteiger partial charge in [-0.1, -0.05) is 16.8 Å². The number of ether oxygens (including phenoxy) is 2. The number of methoxy groups -OCH3 is 2. The van der Waals surface area contributed by atoms with E-state index >= 15 is 0 Å². The molecule has 0 spiro atoms. The fraction of sp³-hybridized carbons (Fsp3) is 0.474. The van der Waals surface area contributed by atoms with E-state index in [4.69, 9.17) is 21.1 Å². The number of aromatic nitrogens is 3. The van der Waals surface area contributed by atoms with Crippen molar-refractivity contribution in [3.05, 3.63) is 40.7 Å². The van der Waals surface area contributed by atoms with Crippen molar-refractivity contribution in [1.82, 2.24) is 25.2 Å². The summed E-state index contributed by atoms with van der Waals surface area (Å²) in [5, 5.41) is 11.2. The van der Waals surface area contributed by atoms with Gasteiger partial charge in [0.05, 0.1) is 38.1 Å². The molecule has 1 aliphatic heterocycles. The van der Waals surface area contributed by atoms with E-state index in [0.717, 1.165) is 12.8 Å². The third-order valence-corrected chi connectivity index (χ3v) is 5.03. The number of nitrogens with zero attached hydrogens (tertiary/aromatic N) is 4. The number of carbonyl (C=O) groups excluding carboxylic acids is 2. The molecule has 0 saturated carbocycles. The van der Waals surface area contributed by atoms with Crippen molar-refractivity contribution in [2.24, 2.45) is 0 Å². The van der Waals surface area contributed by atoms with E-state index in [1.54, 1.807) is 36.2 Å². The lowest BCUT2D eigenvalue weighted by atomic mass is 10.1. The molecular weight excluding hydrogens is 398 g/mol. The minimum absolute atomic E-state index is 0.0472. The van der Waals surface area contributed by atoms with Crippen molar-refractivity contribution >= 4 is 23.4 Å². The highest BCUT2D eigenvalue weighted by Crippen LogP contribution is 2.28. The Morgan fingerprint density at radius 3 is 2.93 bits per heavy atom. The first-order valence-corrected chi connectivity index (χ1v) is 9.73. The van der Waals surface area contributed by atoms with Gasteiger partial charge in [-0.25, -0.2) is 4.68 Å². The van der Waals surface area contributed by atoms with Crippen molar-refractivity contribution in [3.8, 4) is 5.75 Å². The van der Waals surface area contributed by atoms with Gasteiger partial charge in [-0.2, -0.15) is 0 Å². The van der Waals surface area contributed by atoms with Gasteiger partial charge in [0, 0.05) is 25.2 Å². The Morgan fingerprint density at radius 1 is 1.34 bits per heavy atom. The van der Waals surface area contributed by atoms with Gasteiger partial charge in [0.2, 0.25) is 0 Å². The summed E-state index contributed by atoms with van der Waals surface area (Å²) >= 11 is 6.00. The molecule has 3 rings (SSSR count). The summed E-state index contributed by atoms with van der Waals surface area (Å²) in [5.41, 5.74) is 0.706. The first-order chi connectivity index (χ1) is 14.0. The van der Waals surface area contributed by atoms with E-state index in [9.17, 15) is 9.59 Å². The number of benzene rings is 1. The predicted octanol–water partition coefficient (Wildman–Crippen LogP) is 1.62. The molecule has 2 heterocycles. The van der Waals surface area contributed by atoms with Gasteiger partial charge in [0.25, 0.3) is 11.8 Å². The monoisotopic (exact) mass is 421 g/mol. The van der Waals surface area contributed by atoms with Gasteiger partial charge >= 0.3 is 0 Å². The molecule has 0 radical (unpaired) electrons. The summed E-state index contributed by atoms with van der Waals surface area (Å²) in [4.78, 5) is 26.9. The number of halogens is 1. The topological polar surface area (TPSA) is 98.6 Å². The Hall–Kier alpha value is -2.65. The maximum Gasteiger partial charge on any atom is 0.273 e. The highest BCUT2D eigenvalue weighted by atomic mass is 35.5. The van der Waals surface area contributed by atoms with E-state index in [1.165, 1.54) is 7.11 Å². The SMILES string of the molecule is COCCNC(=O)c1cn(C[C@@H]2CCCN2C(=O)c2ccc(Cl)cc2OC)nn1. The van der Waals surface area contributed by atoms with Crippen LogP contribution in [0.1, 0.15) is 33.7 Å². The van der Waals surface area contributed by atoms with E-state index in [0.29, 0.717) is 42.6 Å². The zero-order valence-electron chi connectivity index (χ0n) is 16.4. The Balaban J connectivity index is 1.67. The molecule has 0 unspecified atom stereocenters. The lowest BCUT2D eigenvalue weighted by molar-refractivity contribution is 0.0717. The standard InChI is InChI=1S/C19H24ClN5O4/c1-28-9-7-21-18(26)16-12-24(23-22-16)11-14-4-3-8-25(14)19(27)15-6-5-13(20)10-17(15)29-2/h5-6,10,12,14H,3-4,7-9,11H2,1-2H3,(H,21,26)/t14-/m0/s1. The van der Waals surface area contributed by atoms with Crippen molar-refractivity contribution in [1.29, 1.82) is 0 Å². The minimum Gasteiger partial charge on any atom is -0.496 e. The molecule has 0 aliphatic carbocycles. The quantitative estimate of drug-likeness (QED) is 0.650. The molecule has 9 nitrogen and oxygen atoms in total. The third-order valence-electron chi connectivity index (χ3n) is 4.79. The number of hydrogen-bond donors (Lipinski definition) is 1. The van der Waals surface area contributed by atoms with E-state index < -0.39 is 0 Å². The van der Waals surface area contributed by atoms with Gasteiger partial charge in [0.15, 0.2) is 5.69 Å². The first-order valence-electron chi connectivity index (χ1n) is 9.35. The largest absolute Gasteiger partial charge is 0.496 e. The number of rotatable bonds is 8. The lowest BCUT2D eigenvalue weighted by Gasteiger charge is -2.25. The van der Waals surface area contributed by atoms with Crippen LogP contribution in [-0.4, -0.2) is 71.7 Å². The maximum absolute atomic E-state index is 13.1. The summed E-state index contributed by atoms with van der Waals surface area (Å²) < 4.78 is 11.8. The molecule has 1 aromatic carbocycles. The average molecular weight is 422 g/mol. The molecule has 156 valence electrons. The molecule has 10 heteroatoms. The summed E-state index contributed by atoms with van der Waals surface area (Å²) in [7, 11) is 3.08. The van der Waals surface area contributed by atoms with Crippen LogP contribution < -0.4 is 10.1 Å². The summed E-state index contributed by atoms with van der Waals surface area (Å²) in [6.45, 7) is 1.93. The van der Waals surface area contributed by atoms with Crippen molar-refractivity contribution in [2.75, 3.05) is 33.9 Å². The van der Waals surface area contributed by atoms with Crippen LogP contribution in [0.2, 0.25) is 5.02 Å². The second-order valence-electron chi connectivity index (χ2n) is 6.71. The van der Waals surface area contributed by atoms with Crippen LogP contribution in [0.3, 0.4) is 0 Å². The molecule has 1 fully saturated rings. The van der Waals surface area contributed by atoms with E-state index in [2.05, 4.69) is 15.6 Å². The normalized spacial score (nSPS) is 16.1. The molecule has 0 bridgehead atoms. The maximum atomic E-state index is 13.1. The molecule has 1 aliphatic rings. The molecule has 2 aromatic rings. The van der Waals surface area contributed by atoms with Crippen molar-refractivity contribution in [3.63, 3.8) is 0 Å². The van der Waals surface area contributed by atoms with E-state index in [-0.39, 0.29) is 23.6 Å². The number of hydrogen-bond acceptors (Lipinski definition) is 6. The first kappa shape index (κ1) is 21.1. The number of amides is 2. The third kappa shape index (κ3) is 5.04. The summed E-state index contributed by atoms with van der Waals surface area (Å²) in [6, 6.07) is 4.94. The van der Waals surface area contributed by atoms with Crippen LogP contribution in [0.5, 0.6) is 5.75 Å². The smallest absolute Gasteiger partial charge is 0.273 e. The van der Waals surface area contributed by atoms with Gasteiger partial charge < -0.3 is 19.7 Å². The Bertz CT molecular complexity index is 872. The number of nitrogens with one attached hydrogen (secondary N) is 1. The lowest BCUT2D eigenvalue weighted by Crippen LogP contribution is -2.38. The van der Waals surface area contributed by atoms with Gasteiger partial charge in [-0.3, -0.25) is 9.59 Å². The molecule has 2 amide bonds. The minimum atomic E-state index is -0.307. The second kappa shape index (κ2) is 9.71. The van der Waals surface area contributed by atoms with Crippen LogP contribution in [-0.2, 0) is 11.3 Å². The van der Waals surface area contributed by atoms with Crippen molar-refractivity contribution in [2.45, 2.75) is 25.4 Å². The average Bonchev–Trinajstić information content (AvgIpc) is 3.37. The Labute approximate surface area is 173 Å². The second-order valence-corrected chi connectivity index (χ2v) is 7.15. The Morgan fingerprint density at radius 2 is 2.17 bits per heavy atom. The summed E-state index contributed by atoms with van der Waals surface area (Å²) in [5.74, 6) is 0.0288. The molecular formula is C19H24ClN5O4. The van der Waals surface area contributed by atoms with Gasteiger partial charge in [-0.15, -0.1) is 5.10 Å². The Kier molecular flexibility index (Phi) is 7.05. The predicted molar refractivity (Wildman–Crippen MR) is 106 cm³/mol.